The van der Waals surface area contributed by atoms with Crippen LogP contribution in [-0.2, 0) is 4.74 Å². The molecular weight excluding hydrogens is 210 g/mol. The summed E-state index contributed by atoms with van der Waals surface area (Å²) in [6.07, 6.45) is 10.8. The zero-order valence-electron chi connectivity index (χ0n) is 11.0. The molecule has 0 spiro atoms. The summed E-state index contributed by atoms with van der Waals surface area (Å²) in [5, 5.41) is 0. The SMILES string of the molecule is Cc1cnccc1C(C)OCC1CCCCC1. The standard InChI is InChI=1S/C15H23NO/c1-12-10-16-9-8-15(12)13(2)17-11-14-6-4-3-5-7-14/h8-10,13-14H,3-7,11H2,1-2H3. The maximum Gasteiger partial charge on any atom is 0.0800 e. The summed E-state index contributed by atoms with van der Waals surface area (Å²) in [4.78, 5) is 4.12. The Labute approximate surface area is 104 Å². The maximum absolute atomic E-state index is 6.02. The smallest absolute Gasteiger partial charge is 0.0800 e. The monoisotopic (exact) mass is 233 g/mol. The van der Waals surface area contributed by atoms with Gasteiger partial charge in [0, 0.05) is 12.4 Å². The molecule has 2 rings (SSSR count). The van der Waals surface area contributed by atoms with Crippen LogP contribution in [-0.4, -0.2) is 11.6 Å². The molecule has 94 valence electrons. The molecule has 0 aromatic carbocycles. The molecule has 1 saturated carbocycles. The lowest BCUT2D eigenvalue weighted by Gasteiger charge is -2.24. The fraction of sp³-hybridized carbons (Fsp3) is 0.667. The zero-order valence-corrected chi connectivity index (χ0v) is 11.0. The maximum atomic E-state index is 6.02. The molecule has 2 heteroatoms. The zero-order chi connectivity index (χ0) is 12.1. The fourth-order valence-corrected chi connectivity index (χ4v) is 2.66. The average molecular weight is 233 g/mol. The summed E-state index contributed by atoms with van der Waals surface area (Å²) in [6.45, 7) is 5.16. The molecule has 0 amide bonds. The molecule has 1 aromatic heterocycles. The minimum Gasteiger partial charge on any atom is -0.374 e. The van der Waals surface area contributed by atoms with E-state index in [9.17, 15) is 0 Å². The van der Waals surface area contributed by atoms with Gasteiger partial charge >= 0.3 is 0 Å². The van der Waals surface area contributed by atoms with Crippen molar-refractivity contribution in [1.82, 2.24) is 4.98 Å². The van der Waals surface area contributed by atoms with E-state index in [1.165, 1.54) is 43.2 Å². The predicted octanol–water partition coefficient (Wildman–Crippen LogP) is 4.05. The van der Waals surface area contributed by atoms with Crippen LogP contribution in [0.5, 0.6) is 0 Å². The molecule has 1 aliphatic carbocycles. The Morgan fingerprint density at radius 2 is 2.12 bits per heavy atom. The summed E-state index contributed by atoms with van der Waals surface area (Å²) in [5.74, 6) is 0.786. The topological polar surface area (TPSA) is 22.1 Å². The van der Waals surface area contributed by atoms with E-state index < -0.39 is 0 Å². The summed E-state index contributed by atoms with van der Waals surface area (Å²) < 4.78 is 6.02. The summed E-state index contributed by atoms with van der Waals surface area (Å²) in [7, 11) is 0. The van der Waals surface area contributed by atoms with Crippen molar-refractivity contribution in [1.29, 1.82) is 0 Å². The Bertz CT molecular complexity index is 345. The van der Waals surface area contributed by atoms with E-state index in [2.05, 4.69) is 24.9 Å². The lowest BCUT2D eigenvalue weighted by atomic mass is 9.90. The van der Waals surface area contributed by atoms with Crippen LogP contribution < -0.4 is 0 Å². The molecule has 2 nitrogen and oxygen atoms in total. The lowest BCUT2D eigenvalue weighted by Crippen LogP contribution is -2.15. The Morgan fingerprint density at radius 3 is 2.82 bits per heavy atom. The van der Waals surface area contributed by atoms with Crippen LogP contribution in [0.1, 0.15) is 56.3 Å². The number of aryl methyl sites for hydroxylation is 1. The Balaban J connectivity index is 1.84. The van der Waals surface area contributed by atoms with Crippen LogP contribution in [0.15, 0.2) is 18.5 Å². The highest BCUT2D eigenvalue weighted by molar-refractivity contribution is 5.23. The van der Waals surface area contributed by atoms with Crippen molar-refractivity contribution in [3.05, 3.63) is 29.6 Å². The predicted molar refractivity (Wildman–Crippen MR) is 69.9 cm³/mol. The molecule has 1 aromatic rings. The first kappa shape index (κ1) is 12.6. The third kappa shape index (κ3) is 3.53. The first-order valence-electron chi connectivity index (χ1n) is 6.79. The number of hydrogen-bond acceptors (Lipinski definition) is 2. The van der Waals surface area contributed by atoms with Crippen LogP contribution in [0.25, 0.3) is 0 Å². The van der Waals surface area contributed by atoms with Crippen molar-refractivity contribution in [3.8, 4) is 0 Å². The van der Waals surface area contributed by atoms with Gasteiger partial charge in [0.1, 0.15) is 0 Å². The summed E-state index contributed by atoms with van der Waals surface area (Å²) >= 11 is 0. The lowest BCUT2D eigenvalue weighted by molar-refractivity contribution is 0.0299. The highest BCUT2D eigenvalue weighted by atomic mass is 16.5. The molecule has 1 heterocycles. The summed E-state index contributed by atoms with van der Waals surface area (Å²) in [5.41, 5.74) is 2.50. The molecule has 0 radical (unpaired) electrons. The first-order valence-corrected chi connectivity index (χ1v) is 6.79. The second-order valence-corrected chi connectivity index (χ2v) is 5.21. The van der Waals surface area contributed by atoms with Crippen LogP contribution in [0.4, 0.5) is 0 Å². The minimum absolute atomic E-state index is 0.194. The first-order chi connectivity index (χ1) is 8.27. The van der Waals surface area contributed by atoms with Gasteiger partial charge in [-0.25, -0.2) is 0 Å². The molecule has 0 aliphatic heterocycles. The minimum atomic E-state index is 0.194. The Kier molecular flexibility index (Phi) is 4.55. The number of rotatable bonds is 4. The average Bonchev–Trinajstić information content (AvgIpc) is 2.38. The van der Waals surface area contributed by atoms with Crippen LogP contribution in [0, 0.1) is 12.8 Å². The molecule has 0 saturated heterocycles. The number of pyridine rings is 1. The van der Waals surface area contributed by atoms with Crippen LogP contribution in [0.2, 0.25) is 0 Å². The van der Waals surface area contributed by atoms with Gasteiger partial charge in [0.15, 0.2) is 0 Å². The highest BCUT2D eigenvalue weighted by Gasteiger charge is 2.16. The van der Waals surface area contributed by atoms with Gasteiger partial charge in [-0.1, -0.05) is 19.3 Å². The van der Waals surface area contributed by atoms with Gasteiger partial charge in [0.25, 0.3) is 0 Å². The Hall–Kier alpha value is -0.890. The van der Waals surface area contributed by atoms with Gasteiger partial charge in [-0.2, -0.15) is 0 Å². The van der Waals surface area contributed by atoms with E-state index in [0.717, 1.165) is 12.5 Å². The van der Waals surface area contributed by atoms with E-state index in [1.807, 2.05) is 12.4 Å². The van der Waals surface area contributed by atoms with Crippen LogP contribution >= 0.6 is 0 Å². The van der Waals surface area contributed by atoms with Crippen molar-refractivity contribution in [2.75, 3.05) is 6.61 Å². The Morgan fingerprint density at radius 1 is 1.35 bits per heavy atom. The molecule has 0 N–H and O–H groups in total. The summed E-state index contributed by atoms with van der Waals surface area (Å²) in [6, 6.07) is 2.07. The van der Waals surface area contributed by atoms with E-state index in [0.29, 0.717) is 0 Å². The van der Waals surface area contributed by atoms with Gasteiger partial charge in [0.05, 0.1) is 12.7 Å². The molecule has 1 atom stereocenters. The fourth-order valence-electron chi connectivity index (χ4n) is 2.66. The van der Waals surface area contributed by atoms with Gasteiger partial charge in [0.2, 0.25) is 0 Å². The second-order valence-electron chi connectivity index (χ2n) is 5.21. The van der Waals surface area contributed by atoms with E-state index in [-0.39, 0.29) is 6.10 Å². The van der Waals surface area contributed by atoms with Crippen molar-refractivity contribution < 1.29 is 4.74 Å². The largest absolute Gasteiger partial charge is 0.374 e. The van der Waals surface area contributed by atoms with E-state index >= 15 is 0 Å². The third-order valence-electron chi connectivity index (χ3n) is 3.81. The van der Waals surface area contributed by atoms with E-state index in [1.54, 1.807) is 0 Å². The van der Waals surface area contributed by atoms with Crippen molar-refractivity contribution in [3.63, 3.8) is 0 Å². The molecule has 1 unspecified atom stereocenters. The van der Waals surface area contributed by atoms with Crippen molar-refractivity contribution >= 4 is 0 Å². The van der Waals surface area contributed by atoms with Crippen molar-refractivity contribution in [2.24, 2.45) is 5.92 Å². The second kappa shape index (κ2) is 6.15. The number of ether oxygens (including phenoxy) is 1. The van der Waals surface area contributed by atoms with Gasteiger partial charge < -0.3 is 4.74 Å². The van der Waals surface area contributed by atoms with Gasteiger partial charge in [-0.05, 0) is 49.8 Å². The molecule has 0 bridgehead atoms. The van der Waals surface area contributed by atoms with Crippen LogP contribution in [0.3, 0.4) is 0 Å². The molecule has 1 aliphatic rings. The van der Waals surface area contributed by atoms with Gasteiger partial charge in [-0.3, -0.25) is 4.98 Å². The quantitative estimate of drug-likeness (QED) is 0.782. The number of aromatic nitrogens is 1. The molecular formula is C15H23NO. The number of nitrogens with zero attached hydrogens (tertiary/aromatic N) is 1. The molecule has 1 fully saturated rings. The van der Waals surface area contributed by atoms with Gasteiger partial charge in [-0.15, -0.1) is 0 Å². The molecule has 17 heavy (non-hydrogen) atoms. The third-order valence-corrected chi connectivity index (χ3v) is 3.81. The van der Waals surface area contributed by atoms with Crippen molar-refractivity contribution in [2.45, 2.75) is 52.1 Å². The normalized spacial score (nSPS) is 19.2. The number of hydrogen-bond donors (Lipinski definition) is 0. The van der Waals surface area contributed by atoms with E-state index in [4.69, 9.17) is 4.74 Å². The highest BCUT2D eigenvalue weighted by Crippen LogP contribution is 2.26.